The Labute approximate surface area is 220 Å². The second-order valence-electron chi connectivity index (χ2n) is 9.63. The second-order valence-corrected chi connectivity index (χ2v) is 10.5. The van der Waals surface area contributed by atoms with E-state index in [-0.39, 0.29) is 12.7 Å². The molecule has 1 aromatic heterocycles. The minimum absolute atomic E-state index is 0.0333. The van der Waals surface area contributed by atoms with Gasteiger partial charge in [-0.2, -0.15) is 0 Å². The summed E-state index contributed by atoms with van der Waals surface area (Å²) in [5.74, 6) is 0. The van der Waals surface area contributed by atoms with Crippen LogP contribution in [0.1, 0.15) is 38.3 Å². The zero-order valence-corrected chi connectivity index (χ0v) is 22.2. The molecule has 0 aliphatic carbocycles. The Hall–Kier alpha value is -3.16. The second kappa shape index (κ2) is 10.4. The summed E-state index contributed by atoms with van der Waals surface area (Å²) in [5.41, 5.74) is 3.53. The van der Waals surface area contributed by atoms with Crippen molar-refractivity contribution in [1.82, 2.24) is 4.90 Å². The van der Waals surface area contributed by atoms with Gasteiger partial charge in [0.05, 0.1) is 5.69 Å². The number of amides is 2. The van der Waals surface area contributed by atoms with Crippen LogP contribution in [0, 0.1) is 0 Å². The molecule has 7 nitrogen and oxygen atoms in total. The van der Waals surface area contributed by atoms with Gasteiger partial charge in [-0.1, -0.05) is 35.3 Å². The van der Waals surface area contributed by atoms with Gasteiger partial charge in [-0.05, 0) is 74.2 Å². The molecular weight excluding hydrogens is 503 g/mol. The highest BCUT2D eigenvalue weighted by Gasteiger charge is 2.24. The summed E-state index contributed by atoms with van der Waals surface area (Å²) in [5, 5.41) is 1.73. The van der Waals surface area contributed by atoms with Gasteiger partial charge in [0.15, 0.2) is 0 Å². The van der Waals surface area contributed by atoms with Crippen molar-refractivity contribution in [1.29, 1.82) is 0 Å². The summed E-state index contributed by atoms with van der Waals surface area (Å²) in [7, 11) is 1.63. The van der Waals surface area contributed by atoms with Crippen molar-refractivity contribution in [3.8, 4) is 0 Å². The van der Waals surface area contributed by atoms with Crippen LogP contribution in [0.4, 0.5) is 15.3 Å². The Morgan fingerprint density at radius 1 is 1.11 bits per heavy atom. The van der Waals surface area contributed by atoms with Gasteiger partial charge >= 0.3 is 12.2 Å². The largest absolute Gasteiger partial charge is 0.462 e. The number of ether oxygens (including phenoxy) is 2. The number of furan rings is 1. The predicted molar refractivity (Wildman–Crippen MR) is 142 cm³/mol. The molecule has 9 heteroatoms. The molecule has 0 spiro atoms. The summed E-state index contributed by atoms with van der Waals surface area (Å²) < 4.78 is 16.6. The molecule has 1 aliphatic heterocycles. The molecule has 4 rings (SSSR count). The molecule has 2 heterocycles. The van der Waals surface area contributed by atoms with Crippen LogP contribution in [0.5, 0.6) is 0 Å². The third kappa shape index (κ3) is 6.15. The third-order valence-electron chi connectivity index (χ3n) is 5.70. The van der Waals surface area contributed by atoms with Gasteiger partial charge in [0, 0.05) is 35.6 Å². The first kappa shape index (κ1) is 25.9. The van der Waals surface area contributed by atoms with Crippen molar-refractivity contribution >= 4 is 57.6 Å². The van der Waals surface area contributed by atoms with E-state index in [1.807, 2.05) is 45.0 Å². The molecule has 0 radical (unpaired) electrons. The number of benzene rings is 2. The van der Waals surface area contributed by atoms with Gasteiger partial charge in [0.2, 0.25) is 0 Å². The molecule has 0 unspecified atom stereocenters. The maximum Gasteiger partial charge on any atom is 0.414 e. The van der Waals surface area contributed by atoms with Gasteiger partial charge in [-0.3, -0.25) is 4.90 Å². The first-order chi connectivity index (χ1) is 17.0. The highest BCUT2D eigenvalue weighted by molar-refractivity contribution is 6.34. The summed E-state index contributed by atoms with van der Waals surface area (Å²) in [4.78, 5) is 28.2. The SMILES string of the molecule is CN(C(=O)OCc1cc(Cl)cc(Cl)c1)c1coc2ccc(C3=CCN(C(=O)OC(C)(C)C)CC3)cc12. The van der Waals surface area contributed by atoms with Crippen LogP contribution < -0.4 is 4.90 Å². The van der Waals surface area contributed by atoms with Gasteiger partial charge in [0.25, 0.3) is 0 Å². The van der Waals surface area contributed by atoms with Crippen LogP contribution in [-0.4, -0.2) is 42.8 Å². The molecular formula is C27H28Cl2N2O5. The molecule has 0 fully saturated rings. The van der Waals surface area contributed by atoms with Crippen LogP contribution >= 0.6 is 23.2 Å². The minimum atomic E-state index is -0.538. The van der Waals surface area contributed by atoms with E-state index in [4.69, 9.17) is 37.1 Å². The molecule has 0 saturated heterocycles. The molecule has 0 atom stereocenters. The molecule has 1 aliphatic rings. The van der Waals surface area contributed by atoms with Crippen molar-refractivity contribution < 1.29 is 23.5 Å². The van der Waals surface area contributed by atoms with Crippen molar-refractivity contribution in [3.05, 3.63) is 69.9 Å². The van der Waals surface area contributed by atoms with Crippen LogP contribution in [-0.2, 0) is 16.1 Å². The van der Waals surface area contributed by atoms with Crippen LogP contribution in [0.15, 0.2) is 53.2 Å². The van der Waals surface area contributed by atoms with E-state index in [1.165, 1.54) is 11.2 Å². The first-order valence-corrected chi connectivity index (χ1v) is 12.3. The van der Waals surface area contributed by atoms with Crippen LogP contribution in [0.2, 0.25) is 10.0 Å². The van der Waals surface area contributed by atoms with Crippen molar-refractivity contribution in [2.24, 2.45) is 0 Å². The van der Waals surface area contributed by atoms with Crippen molar-refractivity contribution in [2.45, 2.75) is 39.4 Å². The summed E-state index contributed by atoms with van der Waals surface area (Å²) in [6.45, 7) is 6.64. The average Bonchev–Trinajstić information content (AvgIpc) is 3.23. The van der Waals surface area contributed by atoms with E-state index in [2.05, 4.69) is 0 Å². The molecule has 2 aromatic carbocycles. The maximum absolute atomic E-state index is 12.7. The van der Waals surface area contributed by atoms with E-state index in [1.54, 1.807) is 30.1 Å². The van der Waals surface area contributed by atoms with Crippen LogP contribution in [0.25, 0.3) is 16.5 Å². The fourth-order valence-electron chi connectivity index (χ4n) is 3.93. The van der Waals surface area contributed by atoms with E-state index in [9.17, 15) is 9.59 Å². The number of hydrogen-bond donors (Lipinski definition) is 0. The van der Waals surface area contributed by atoms with E-state index in [0.717, 1.165) is 16.5 Å². The Kier molecular flexibility index (Phi) is 7.52. The Balaban J connectivity index is 1.47. The number of nitrogens with zero attached hydrogens (tertiary/aromatic N) is 2. The smallest absolute Gasteiger partial charge is 0.414 e. The van der Waals surface area contributed by atoms with Crippen LogP contribution in [0.3, 0.4) is 0 Å². The summed E-state index contributed by atoms with van der Waals surface area (Å²) >= 11 is 12.0. The normalized spacial score (nSPS) is 13.9. The first-order valence-electron chi connectivity index (χ1n) is 11.5. The lowest BCUT2D eigenvalue weighted by Crippen LogP contribution is -2.39. The fraction of sp³-hybridized carbons (Fsp3) is 0.333. The molecule has 0 bridgehead atoms. The van der Waals surface area contributed by atoms with Crippen molar-refractivity contribution in [3.63, 3.8) is 0 Å². The monoisotopic (exact) mass is 530 g/mol. The lowest BCUT2D eigenvalue weighted by molar-refractivity contribution is 0.0270. The lowest BCUT2D eigenvalue weighted by atomic mass is 9.98. The van der Waals surface area contributed by atoms with E-state index < -0.39 is 11.7 Å². The molecule has 190 valence electrons. The highest BCUT2D eigenvalue weighted by atomic mass is 35.5. The average molecular weight is 531 g/mol. The Bertz CT molecular complexity index is 1310. The lowest BCUT2D eigenvalue weighted by Gasteiger charge is -2.29. The minimum Gasteiger partial charge on any atom is -0.462 e. The van der Waals surface area contributed by atoms with Gasteiger partial charge in [0.1, 0.15) is 24.1 Å². The predicted octanol–water partition coefficient (Wildman–Crippen LogP) is 7.54. The number of anilines is 1. The maximum atomic E-state index is 12.7. The van der Waals surface area contributed by atoms with E-state index >= 15 is 0 Å². The Morgan fingerprint density at radius 2 is 1.83 bits per heavy atom. The Morgan fingerprint density at radius 3 is 2.47 bits per heavy atom. The number of carbonyl (C=O) groups is 2. The highest BCUT2D eigenvalue weighted by Crippen LogP contribution is 2.33. The number of rotatable bonds is 4. The van der Waals surface area contributed by atoms with E-state index in [0.29, 0.717) is 46.4 Å². The third-order valence-corrected chi connectivity index (χ3v) is 6.14. The summed E-state index contributed by atoms with van der Waals surface area (Å²) in [6.07, 6.45) is 3.40. The molecule has 0 saturated carbocycles. The molecule has 0 N–H and O–H groups in total. The molecule has 36 heavy (non-hydrogen) atoms. The van der Waals surface area contributed by atoms with Gasteiger partial charge < -0.3 is 18.8 Å². The zero-order valence-electron chi connectivity index (χ0n) is 20.6. The number of halogens is 2. The van der Waals surface area contributed by atoms with Gasteiger partial charge in [-0.15, -0.1) is 0 Å². The molecule has 2 amide bonds. The topological polar surface area (TPSA) is 72.2 Å². The standard InChI is InChI=1S/C27H28Cl2N2O5/c1-27(2,3)36-26(33)31-9-7-18(8-10-31)19-5-6-24-22(13-19)23(16-34-24)30(4)25(32)35-15-17-11-20(28)14-21(29)12-17/h5-7,11-14,16H,8-10,15H2,1-4H3. The number of hydrogen-bond acceptors (Lipinski definition) is 5. The zero-order chi connectivity index (χ0) is 26.0. The number of fused-ring (bicyclic) bond motifs is 1. The fourth-order valence-corrected chi connectivity index (χ4v) is 4.50. The van der Waals surface area contributed by atoms with Crippen molar-refractivity contribution in [2.75, 3.05) is 25.0 Å². The summed E-state index contributed by atoms with van der Waals surface area (Å²) in [6, 6.07) is 10.9. The van der Waals surface area contributed by atoms with Gasteiger partial charge in [-0.25, -0.2) is 9.59 Å². The number of carbonyl (C=O) groups excluding carboxylic acids is 2. The quantitative estimate of drug-likeness (QED) is 0.348. The molecule has 3 aromatic rings.